The number of nitrogens with one attached hydrogen (secondary N) is 2. The Morgan fingerprint density at radius 1 is 0.870 bits per heavy atom. The van der Waals surface area contributed by atoms with Crippen molar-refractivity contribution in [3.63, 3.8) is 0 Å². The Hall–Kier alpha value is -2.08. The Kier molecular flexibility index (Phi) is 4.81. The zero-order valence-corrected chi connectivity index (χ0v) is 13.9. The van der Waals surface area contributed by atoms with Gasteiger partial charge in [-0.25, -0.2) is 0 Å². The summed E-state index contributed by atoms with van der Waals surface area (Å²) >= 11 is 18.0. The van der Waals surface area contributed by atoms with Crippen LogP contribution in [0.25, 0.3) is 0 Å². The van der Waals surface area contributed by atoms with Crippen LogP contribution in [0.5, 0.6) is 0 Å². The van der Waals surface area contributed by atoms with Crippen LogP contribution in [-0.2, 0) is 0 Å². The van der Waals surface area contributed by atoms with E-state index in [1.807, 2.05) is 18.2 Å². The van der Waals surface area contributed by atoms with Gasteiger partial charge in [-0.3, -0.25) is 0 Å². The lowest BCUT2D eigenvalue weighted by Gasteiger charge is -2.09. The van der Waals surface area contributed by atoms with E-state index in [0.717, 1.165) is 0 Å². The number of anilines is 4. The molecule has 23 heavy (non-hydrogen) atoms. The van der Waals surface area contributed by atoms with Crippen LogP contribution in [0.15, 0.2) is 48.7 Å². The first kappa shape index (κ1) is 15.8. The molecule has 1 aromatic heterocycles. The Morgan fingerprint density at radius 3 is 2.35 bits per heavy atom. The van der Waals surface area contributed by atoms with Crippen molar-refractivity contribution in [2.75, 3.05) is 10.6 Å². The first-order valence-corrected chi connectivity index (χ1v) is 7.68. The molecule has 0 bridgehead atoms. The lowest BCUT2D eigenvalue weighted by Crippen LogP contribution is -2.02. The number of para-hydroxylation sites is 1. The summed E-state index contributed by atoms with van der Waals surface area (Å²) in [6, 6.07) is 12.4. The molecule has 0 aliphatic heterocycles. The summed E-state index contributed by atoms with van der Waals surface area (Å²) in [5, 5.41) is 15.5. The molecule has 0 fully saturated rings. The minimum atomic E-state index is 0.316. The molecule has 2 N–H and O–H groups in total. The molecule has 0 aliphatic carbocycles. The highest BCUT2D eigenvalue weighted by Gasteiger charge is 2.05. The normalized spacial score (nSPS) is 10.4. The molecule has 0 saturated carbocycles. The maximum absolute atomic E-state index is 6.10. The molecule has 8 heteroatoms. The van der Waals surface area contributed by atoms with Crippen molar-refractivity contribution < 1.29 is 0 Å². The van der Waals surface area contributed by atoms with Crippen molar-refractivity contribution in [3.8, 4) is 0 Å². The maximum atomic E-state index is 6.10. The van der Waals surface area contributed by atoms with Gasteiger partial charge in [0.25, 0.3) is 0 Å². The third kappa shape index (κ3) is 4.22. The molecule has 3 aromatic rings. The number of aromatic nitrogens is 3. The van der Waals surface area contributed by atoms with Gasteiger partial charge in [0, 0.05) is 15.7 Å². The number of halogens is 3. The molecule has 0 radical (unpaired) electrons. The minimum absolute atomic E-state index is 0.316. The van der Waals surface area contributed by atoms with Gasteiger partial charge >= 0.3 is 0 Å². The fourth-order valence-electron chi connectivity index (χ4n) is 1.87. The van der Waals surface area contributed by atoms with Crippen molar-refractivity contribution in [1.29, 1.82) is 0 Å². The second-order valence-corrected chi connectivity index (χ2v) is 5.83. The monoisotopic (exact) mass is 365 g/mol. The van der Waals surface area contributed by atoms with E-state index < -0.39 is 0 Å². The molecule has 5 nitrogen and oxygen atoms in total. The van der Waals surface area contributed by atoms with E-state index in [-0.39, 0.29) is 0 Å². The molecule has 0 saturated heterocycles. The predicted octanol–water partition coefficient (Wildman–Crippen LogP) is 5.32. The third-order valence-electron chi connectivity index (χ3n) is 2.81. The fourth-order valence-corrected chi connectivity index (χ4v) is 2.58. The van der Waals surface area contributed by atoms with E-state index in [4.69, 9.17) is 34.8 Å². The van der Waals surface area contributed by atoms with E-state index in [9.17, 15) is 0 Å². The van der Waals surface area contributed by atoms with E-state index in [1.165, 1.54) is 6.20 Å². The largest absolute Gasteiger partial charge is 0.339 e. The van der Waals surface area contributed by atoms with Crippen molar-refractivity contribution in [1.82, 2.24) is 15.2 Å². The highest BCUT2D eigenvalue weighted by atomic mass is 35.5. The molecule has 0 unspecified atom stereocenters. The summed E-state index contributed by atoms with van der Waals surface area (Å²) in [5.41, 5.74) is 1.39. The second kappa shape index (κ2) is 7.00. The van der Waals surface area contributed by atoms with Crippen LogP contribution in [0.4, 0.5) is 23.1 Å². The van der Waals surface area contributed by atoms with Crippen LogP contribution in [0.1, 0.15) is 0 Å². The van der Waals surface area contributed by atoms with Gasteiger partial charge in [0.05, 0.1) is 16.9 Å². The fraction of sp³-hybridized carbons (Fsp3) is 0. The summed E-state index contributed by atoms with van der Waals surface area (Å²) in [6.07, 6.45) is 1.49. The van der Waals surface area contributed by atoms with Gasteiger partial charge in [0.1, 0.15) is 0 Å². The number of rotatable bonds is 4. The summed E-state index contributed by atoms with van der Waals surface area (Å²) in [5.74, 6) is 0.809. The number of nitrogens with zero attached hydrogens (tertiary/aromatic N) is 3. The molecule has 0 spiro atoms. The summed E-state index contributed by atoms with van der Waals surface area (Å²) in [6.45, 7) is 0. The molecule has 1 heterocycles. The smallest absolute Gasteiger partial charge is 0.249 e. The summed E-state index contributed by atoms with van der Waals surface area (Å²) in [4.78, 5) is 4.32. The molecular formula is C15H10Cl3N5. The van der Waals surface area contributed by atoms with Gasteiger partial charge in [-0.1, -0.05) is 46.9 Å². The lowest BCUT2D eigenvalue weighted by molar-refractivity contribution is 0.982. The lowest BCUT2D eigenvalue weighted by atomic mass is 10.3. The molecule has 116 valence electrons. The average molecular weight is 367 g/mol. The topological polar surface area (TPSA) is 62.7 Å². The van der Waals surface area contributed by atoms with Gasteiger partial charge in [0.2, 0.25) is 5.95 Å². The van der Waals surface area contributed by atoms with Crippen molar-refractivity contribution in [3.05, 3.63) is 63.7 Å². The van der Waals surface area contributed by atoms with Crippen LogP contribution >= 0.6 is 34.8 Å². The minimum Gasteiger partial charge on any atom is -0.339 e. The quantitative estimate of drug-likeness (QED) is 0.654. The van der Waals surface area contributed by atoms with Gasteiger partial charge in [-0.15, -0.1) is 5.10 Å². The molecule has 3 rings (SSSR count). The Bertz CT molecular complexity index is 821. The Morgan fingerprint density at radius 2 is 1.61 bits per heavy atom. The van der Waals surface area contributed by atoms with E-state index in [1.54, 1.807) is 24.3 Å². The first-order chi connectivity index (χ1) is 11.1. The molecule has 0 aliphatic rings. The van der Waals surface area contributed by atoms with Gasteiger partial charge in [-0.2, -0.15) is 10.1 Å². The average Bonchev–Trinajstić information content (AvgIpc) is 2.49. The Labute approximate surface area is 147 Å². The zero-order chi connectivity index (χ0) is 16.2. The molecule has 0 amide bonds. The highest BCUT2D eigenvalue weighted by molar-refractivity contribution is 6.35. The molecular weight excluding hydrogens is 357 g/mol. The van der Waals surface area contributed by atoms with Crippen LogP contribution in [-0.4, -0.2) is 15.2 Å². The van der Waals surface area contributed by atoms with Gasteiger partial charge in [-0.05, 0) is 30.3 Å². The number of benzene rings is 2. The van der Waals surface area contributed by atoms with Crippen LogP contribution in [0.3, 0.4) is 0 Å². The highest BCUT2D eigenvalue weighted by Crippen LogP contribution is 2.26. The van der Waals surface area contributed by atoms with E-state index >= 15 is 0 Å². The Balaban J connectivity index is 1.81. The molecule has 2 aromatic carbocycles. The van der Waals surface area contributed by atoms with E-state index in [0.29, 0.717) is 38.2 Å². The number of hydrogen-bond donors (Lipinski definition) is 2. The van der Waals surface area contributed by atoms with Crippen molar-refractivity contribution >= 4 is 57.9 Å². The SMILES string of the molecule is Clc1cc(Cl)cc(Nc2cnnc(Nc3ccccc3Cl)n2)c1. The predicted molar refractivity (Wildman–Crippen MR) is 94.3 cm³/mol. The first-order valence-electron chi connectivity index (χ1n) is 6.54. The van der Waals surface area contributed by atoms with Crippen molar-refractivity contribution in [2.24, 2.45) is 0 Å². The third-order valence-corrected chi connectivity index (χ3v) is 3.58. The second-order valence-electron chi connectivity index (χ2n) is 4.55. The summed E-state index contributed by atoms with van der Waals surface area (Å²) < 4.78 is 0. The number of hydrogen-bond acceptors (Lipinski definition) is 5. The van der Waals surface area contributed by atoms with Gasteiger partial charge in [0.15, 0.2) is 5.82 Å². The van der Waals surface area contributed by atoms with Crippen molar-refractivity contribution in [2.45, 2.75) is 0 Å². The zero-order valence-electron chi connectivity index (χ0n) is 11.6. The maximum Gasteiger partial charge on any atom is 0.249 e. The van der Waals surface area contributed by atoms with E-state index in [2.05, 4.69) is 25.8 Å². The summed E-state index contributed by atoms with van der Waals surface area (Å²) in [7, 11) is 0. The molecule has 0 atom stereocenters. The van der Waals surface area contributed by atoms with Gasteiger partial charge < -0.3 is 10.6 Å². The van der Waals surface area contributed by atoms with Crippen LogP contribution < -0.4 is 10.6 Å². The standard InChI is InChI=1S/C15H10Cl3N5/c16-9-5-10(17)7-11(6-9)20-14-8-19-23-15(22-14)21-13-4-2-1-3-12(13)18/h1-8H,(H2,20,21,22,23). The van der Waals surface area contributed by atoms with Crippen LogP contribution in [0, 0.1) is 0 Å². The van der Waals surface area contributed by atoms with Crippen LogP contribution in [0.2, 0.25) is 15.1 Å².